The van der Waals surface area contributed by atoms with Crippen molar-refractivity contribution in [3.63, 3.8) is 0 Å². The van der Waals surface area contributed by atoms with Gasteiger partial charge in [-0.3, -0.25) is 0 Å². The first-order valence-electron chi connectivity index (χ1n) is 3.24. The van der Waals surface area contributed by atoms with Crippen molar-refractivity contribution in [2.75, 3.05) is 11.5 Å². The first-order chi connectivity index (χ1) is 5.82. The lowest BCUT2D eigenvalue weighted by atomic mass is 10.2. The van der Waals surface area contributed by atoms with Crippen molar-refractivity contribution < 1.29 is 13.2 Å². The molecule has 72 valence electrons. The number of anilines is 2. The normalized spacial score (nSPS) is 11.7. The zero-order valence-electron chi connectivity index (χ0n) is 6.32. The van der Waals surface area contributed by atoms with Crippen LogP contribution in [0.4, 0.5) is 24.5 Å². The second kappa shape index (κ2) is 3.24. The fourth-order valence-corrected chi connectivity index (χ4v) is 1.45. The van der Waals surface area contributed by atoms with Crippen LogP contribution in [0.3, 0.4) is 0 Å². The Morgan fingerprint density at radius 2 is 1.69 bits per heavy atom. The number of nitrogens with two attached hydrogens (primary N) is 2. The molecule has 0 bridgehead atoms. The summed E-state index contributed by atoms with van der Waals surface area (Å²) in [7, 11) is 0. The van der Waals surface area contributed by atoms with E-state index >= 15 is 0 Å². The number of hydrogen-bond donors (Lipinski definition) is 2. The predicted octanol–water partition coefficient (Wildman–Crippen LogP) is 2.47. The van der Waals surface area contributed by atoms with E-state index in [0.717, 1.165) is 12.1 Å². The summed E-state index contributed by atoms with van der Waals surface area (Å²) in [6.45, 7) is 0. The molecule has 6 heteroatoms. The van der Waals surface area contributed by atoms with Crippen LogP contribution >= 0.6 is 22.6 Å². The van der Waals surface area contributed by atoms with Gasteiger partial charge in [-0.2, -0.15) is 13.2 Å². The van der Waals surface area contributed by atoms with E-state index in [1.54, 1.807) is 22.6 Å². The van der Waals surface area contributed by atoms with Crippen molar-refractivity contribution in [3.05, 3.63) is 21.3 Å². The Kier molecular flexibility index (Phi) is 2.60. The fourth-order valence-electron chi connectivity index (χ4n) is 0.803. The molecule has 2 nitrogen and oxygen atoms in total. The molecule has 0 amide bonds. The lowest BCUT2D eigenvalue weighted by Gasteiger charge is -2.10. The summed E-state index contributed by atoms with van der Waals surface area (Å²) in [5.41, 5.74) is 10.1. The van der Waals surface area contributed by atoms with Crippen molar-refractivity contribution in [1.82, 2.24) is 0 Å². The lowest BCUT2D eigenvalue weighted by molar-refractivity contribution is -0.137. The molecule has 0 saturated heterocycles. The van der Waals surface area contributed by atoms with Crippen molar-refractivity contribution in [3.8, 4) is 0 Å². The van der Waals surface area contributed by atoms with Crippen LogP contribution in [0.15, 0.2) is 12.1 Å². The molecule has 1 aromatic carbocycles. The van der Waals surface area contributed by atoms with E-state index in [0.29, 0.717) is 3.57 Å². The monoisotopic (exact) mass is 302 g/mol. The third-order valence-electron chi connectivity index (χ3n) is 1.49. The number of rotatable bonds is 0. The van der Waals surface area contributed by atoms with Crippen LogP contribution in [-0.2, 0) is 6.18 Å². The Labute approximate surface area is 86.2 Å². The molecular formula is C7H6F3IN2. The highest BCUT2D eigenvalue weighted by molar-refractivity contribution is 14.1. The molecule has 0 atom stereocenters. The van der Waals surface area contributed by atoms with E-state index in [1.165, 1.54) is 0 Å². The van der Waals surface area contributed by atoms with E-state index in [9.17, 15) is 13.2 Å². The molecule has 4 N–H and O–H groups in total. The van der Waals surface area contributed by atoms with Gasteiger partial charge in [-0.25, -0.2) is 0 Å². The van der Waals surface area contributed by atoms with Gasteiger partial charge in [0, 0.05) is 3.57 Å². The zero-order valence-corrected chi connectivity index (χ0v) is 8.48. The molecule has 0 aromatic heterocycles. The topological polar surface area (TPSA) is 52.0 Å². The first kappa shape index (κ1) is 10.4. The van der Waals surface area contributed by atoms with Crippen LogP contribution in [0.5, 0.6) is 0 Å². The minimum atomic E-state index is -4.37. The highest BCUT2D eigenvalue weighted by Gasteiger charge is 2.31. The average Bonchev–Trinajstić information content (AvgIpc) is 1.97. The molecule has 0 heterocycles. The van der Waals surface area contributed by atoms with Crippen LogP contribution < -0.4 is 11.5 Å². The molecule has 1 aromatic rings. The number of benzene rings is 1. The average molecular weight is 302 g/mol. The van der Waals surface area contributed by atoms with Crippen LogP contribution in [0.2, 0.25) is 0 Å². The van der Waals surface area contributed by atoms with Crippen molar-refractivity contribution in [2.45, 2.75) is 6.18 Å². The Balaban J connectivity index is 3.29. The molecule has 0 aliphatic heterocycles. The summed E-state index contributed by atoms with van der Waals surface area (Å²) in [6, 6.07) is 1.80. The maximum Gasteiger partial charge on any atom is 0.416 e. The molecular weight excluding hydrogens is 296 g/mol. The van der Waals surface area contributed by atoms with Gasteiger partial charge in [0.25, 0.3) is 0 Å². The van der Waals surface area contributed by atoms with E-state index < -0.39 is 11.7 Å². The third-order valence-corrected chi connectivity index (χ3v) is 2.38. The maximum absolute atomic E-state index is 12.2. The second-order valence-corrected chi connectivity index (χ2v) is 3.62. The van der Waals surface area contributed by atoms with Crippen LogP contribution in [0.25, 0.3) is 0 Å². The Hall–Kier alpha value is -0.660. The Morgan fingerprint density at radius 1 is 1.15 bits per heavy atom. The van der Waals surface area contributed by atoms with E-state index in [1.807, 2.05) is 0 Å². The summed E-state index contributed by atoms with van der Waals surface area (Å²) >= 11 is 1.71. The van der Waals surface area contributed by atoms with Gasteiger partial charge in [0.1, 0.15) is 0 Å². The molecule has 0 aliphatic rings. The van der Waals surface area contributed by atoms with Crippen LogP contribution in [0, 0.1) is 3.57 Å². The molecule has 13 heavy (non-hydrogen) atoms. The summed E-state index contributed by atoms with van der Waals surface area (Å²) in [5.74, 6) is 0. The van der Waals surface area contributed by atoms with Gasteiger partial charge in [0.05, 0.1) is 16.9 Å². The van der Waals surface area contributed by atoms with E-state index in [4.69, 9.17) is 11.5 Å². The largest absolute Gasteiger partial charge is 0.416 e. The predicted molar refractivity (Wildman–Crippen MR) is 53.0 cm³/mol. The van der Waals surface area contributed by atoms with Gasteiger partial charge in [-0.05, 0) is 34.7 Å². The first-order valence-corrected chi connectivity index (χ1v) is 4.32. The minimum absolute atomic E-state index is 0.0424. The summed E-state index contributed by atoms with van der Waals surface area (Å²) in [5, 5.41) is 0. The molecule has 0 fully saturated rings. The number of hydrogen-bond acceptors (Lipinski definition) is 2. The Morgan fingerprint density at radius 3 is 2.08 bits per heavy atom. The summed E-state index contributed by atoms with van der Waals surface area (Å²) < 4.78 is 36.8. The van der Waals surface area contributed by atoms with Gasteiger partial charge in [-0.1, -0.05) is 0 Å². The number of halogens is 4. The van der Waals surface area contributed by atoms with E-state index in [2.05, 4.69) is 0 Å². The van der Waals surface area contributed by atoms with Crippen molar-refractivity contribution in [1.29, 1.82) is 0 Å². The lowest BCUT2D eigenvalue weighted by Crippen LogP contribution is -2.08. The zero-order chi connectivity index (χ0) is 10.2. The maximum atomic E-state index is 12.2. The third kappa shape index (κ3) is 2.17. The summed E-state index contributed by atoms with van der Waals surface area (Å²) in [6.07, 6.45) is -4.37. The fraction of sp³-hybridized carbons (Fsp3) is 0.143. The van der Waals surface area contributed by atoms with Gasteiger partial charge in [0.15, 0.2) is 0 Å². The number of alkyl halides is 3. The molecule has 0 saturated carbocycles. The number of nitrogen functional groups attached to an aromatic ring is 2. The SMILES string of the molecule is Nc1cc(C(F)(F)F)cc(I)c1N. The molecule has 0 aliphatic carbocycles. The standard InChI is InChI=1S/C7H6F3IN2/c8-7(9,10)3-1-4(11)6(13)5(12)2-3/h1-2H,12-13H2. The van der Waals surface area contributed by atoms with Gasteiger partial charge < -0.3 is 11.5 Å². The van der Waals surface area contributed by atoms with Gasteiger partial charge >= 0.3 is 6.18 Å². The van der Waals surface area contributed by atoms with Crippen molar-refractivity contribution in [2.24, 2.45) is 0 Å². The molecule has 0 unspecified atom stereocenters. The highest BCUT2D eigenvalue weighted by atomic mass is 127. The van der Waals surface area contributed by atoms with Crippen LogP contribution in [0.1, 0.15) is 5.56 Å². The quantitative estimate of drug-likeness (QED) is 0.571. The smallest absolute Gasteiger partial charge is 0.397 e. The summed E-state index contributed by atoms with van der Waals surface area (Å²) in [4.78, 5) is 0. The highest BCUT2D eigenvalue weighted by Crippen LogP contribution is 2.34. The second-order valence-electron chi connectivity index (χ2n) is 2.46. The molecule has 1 rings (SSSR count). The van der Waals surface area contributed by atoms with Gasteiger partial charge in [0.2, 0.25) is 0 Å². The minimum Gasteiger partial charge on any atom is -0.397 e. The van der Waals surface area contributed by atoms with E-state index in [-0.39, 0.29) is 11.4 Å². The van der Waals surface area contributed by atoms with Crippen molar-refractivity contribution >= 4 is 34.0 Å². The van der Waals surface area contributed by atoms with Gasteiger partial charge in [-0.15, -0.1) is 0 Å². The van der Waals surface area contributed by atoms with Crippen LogP contribution in [-0.4, -0.2) is 0 Å². The molecule has 0 spiro atoms. The Bertz CT molecular complexity index is 312. The molecule has 0 radical (unpaired) electrons.